The first-order chi connectivity index (χ1) is 8.99. The molecule has 0 bridgehead atoms. The molecule has 19 heavy (non-hydrogen) atoms. The van der Waals surface area contributed by atoms with E-state index in [2.05, 4.69) is 19.2 Å². The van der Waals surface area contributed by atoms with Crippen molar-refractivity contribution >= 4 is 0 Å². The first-order valence-electron chi connectivity index (χ1n) is 7.20. The van der Waals surface area contributed by atoms with Crippen molar-refractivity contribution < 1.29 is 10.2 Å². The predicted octanol–water partition coefficient (Wildman–Crippen LogP) is 3.15. The summed E-state index contributed by atoms with van der Waals surface area (Å²) in [5.41, 5.74) is 2.01. The van der Waals surface area contributed by atoms with E-state index in [-0.39, 0.29) is 12.1 Å². The van der Waals surface area contributed by atoms with Crippen LogP contribution in [-0.2, 0) is 0 Å². The highest BCUT2D eigenvalue weighted by atomic mass is 16.3. The lowest BCUT2D eigenvalue weighted by Crippen LogP contribution is -2.34. The van der Waals surface area contributed by atoms with Crippen LogP contribution in [0, 0.1) is 12.8 Å². The Labute approximate surface area is 116 Å². The minimum absolute atomic E-state index is 0.0314. The molecule has 0 aliphatic rings. The fourth-order valence-electron chi connectivity index (χ4n) is 2.43. The molecule has 2 unspecified atom stereocenters. The summed E-state index contributed by atoms with van der Waals surface area (Å²) >= 11 is 0. The number of aromatic hydroxyl groups is 1. The summed E-state index contributed by atoms with van der Waals surface area (Å²) in [4.78, 5) is 0. The Bertz CT molecular complexity index is 388. The van der Waals surface area contributed by atoms with E-state index in [1.807, 2.05) is 26.0 Å². The summed E-state index contributed by atoms with van der Waals surface area (Å²) in [6, 6.07) is 5.63. The lowest BCUT2D eigenvalue weighted by Gasteiger charge is -2.23. The molecule has 0 fully saturated rings. The van der Waals surface area contributed by atoms with Gasteiger partial charge in [-0.15, -0.1) is 0 Å². The molecule has 0 aliphatic heterocycles. The quantitative estimate of drug-likeness (QED) is 0.710. The van der Waals surface area contributed by atoms with E-state index in [4.69, 9.17) is 0 Å². The molecule has 3 nitrogen and oxygen atoms in total. The Morgan fingerprint density at radius 2 is 1.84 bits per heavy atom. The maximum atomic E-state index is 10.1. The van der Waals surface area contributed by atoms with Crippen LogP contribution in [0.25, 0.3) is 0 Å². The number of aryl methyl sites for hydroxylation is 1. The molecule has 108 valence electrons. The lowest BCUT2D eigenvalue weighted by atomic mass is 9.96. The minimum Gasteiger partial charge on any atom is -0.508 e. The summed E-state index contributed by atoms with van der Waals surface area (Å²) in [7, 11) is 0. The van der Waals surface area contributed by atoms with Gasteiger partial charge in [0.1, 0.15) is 5.75 Å². The second-order valence-corrected chi connectivity index (χ2v) is 5.34. The average molecular weight is 265 g/mol. The molecule has 0 radical (unpaired) electrons. The van der Waals surface area contributed by atoms with Crippen molar-refractivity contribution in [1.29, 1.82) is 0 Å². The normalized spacial score (nSPS) is 14.6. The maximum absolute atomic E-state index is 10.1. The third kappa shape index (κ3) is 4.51. The Hall–Kier alpha value is -1.06. The second-order valence-electron chi connectivity index (χ2n) is 5.34. The topological polar surface area (TPSA) is 52.5 Å². The number of hydrogen-bond donors (Lipinski definition) is 3. The molecular weight excluding hydrogens is 238 g/mol. The zero-order chi connectivity index (χ0) is 14.4. The first kappa shape index (κ1) is 16.0. The van der Waals surface area contributed by atoms with Crippen LogP contribution >= 0.6 is 0 Å². The monoisotopic (exact) mass is 265 g/mol. The Balaban J connectivity index is 2.60. The molecule has 0 heterocycles. The maximum Gasteiger partial charge on any atom is 0.120 e. The van der Waals surface area contributed by atoms with Crippen LogP contribution in [0.5, 0.6) is 5.75 Å². The van der Waals surface area contributed by atoms with Gasteiger partial charge in [-0.1, -0.05) is 44.4 Å². The van der Waals surface area contributed by atoms with Gasteiger partial charge >= 0.3 is 0 Å². The fourth-order valence-corrected chi connectivity index (χ4v) is 2.43. The van der Waals surface area contributed by atoms with Gasteiger partial charge in [-0.05, 0) is 25.8 Å². The minimum atomic E-state index is -0.329. The second kappa shape index (κ2) is 7.51. The van der Waals surface area contributed by atoms with Crippen LogP contribution in [0.3, 0.4) is 0 Å². The van der Waals surface area contributed by atoms with Crippen LogP contribution in [0.2, 0.25) is 0 Å². The summed E-state index contributed by atoms with van der Waals surface area (Å²) in [5.74, 6) is 0.647. The van der Waals surface area contributed by atoms with Crippen LogP contribution in [-0.4, -0.2) is 22.9 Å². The number of benzene rings is 1. The van der Waals surface area contributed by atoms with Crippen molar-refractivity contribution in [2.24, 2.45) is 5.92 Å². The number of aliphatic hydroxyl groups excluding tert-OH is 1. The van der Waals surface area contributed by atoms with Crippen molar-refractivity contribution in [3.05, 3.63) is 29.3 Å². The molecule has 0 aromatic heterocycles. The Morgan fingerprint density at radius 1 is 1.21 bits per heavy atom. The van der Waals surface area contributed by atoms with Crippen LogP contribution in [0.4, 0.5) is 0 Å². The smallest absolute Gasteiger partial charge is 0.120 e. The highest BCUT2D eigenvalue weighted by Gasteiger charge is 2.17. The number of nitrogens with one attached hydrogen (secondary N) is 1. The van der Waals surface area contributed by atoms with Gasteiger partial charge in [0.25, 0.3) is 0 Å². The van der Waals surface area contributed by atoms with E-state index in [9.17, 15) is 10.2 Å². The molecule has 0 spiro atoms. The van der Waals surface area contributed by atoms with Crippen molar-refractivity contribution in [3.63, 3.8) is 0 Å². The van der Waals surface area contributed by atoms with Crippen LogP contribution in [0.15, 0.2) is 18.2 Å². The number of hydrogen-bond acceptors (Lipinski definition) is 3. The third-order valence-corrected chi connectivity index (χ3v) is 3.88. The highest BCUT2D eigenvalue weighted by molar-refractivity contribution is 5.37. The molecule has 3 N–H and O–H groups in total. The number of phenols is 1. The van der Waals surface area contributed by atoms with Crippen molar-refractivity contribution in [2.45, 2.75) is 52.7 Å². The third-order valence-electron chi connectivity index (χ3n) is 3.88. The summed E-state index contributed by atoms with van der Waals surface area (Å²) in [5, 5.41) is 23.3. The van der Waals surface area contributed by atoms with E-state index < -0.39 is 0 Å². The summed E-state index contributed by atoms with van der Waals surface area (Å²) < 4.78 is 0. The van der Waals surface area contributed by atoms with E-state index in [1.165, 1.54) is 0 Å². The Kier molecular flexibility index (Phi) is 6.32. The lowest BCUT2D eigenvalue weighted by molar-refractivity contribution is 0.0988. The molecule has 3 heteroatoms. The molecule has 1 aromatic carbocycles. The molecule has 0 saturated heterocycles. The van der Waals surface area contributed by atoms with Gasteiger partial charge in [0.15, 0.2) is 0 Å². The molecule has 2 atom stereocenters. The van der Waals surface area contributed by atoms with Gasteiger partial charge in [0.2, 0.25) is 0 Å². The van der Waals surface area contributed by atoms with Crippen LogP contribution in [0.1, 0.15) is 50.8 Å². The molecule has 0 saturated carbocycles. The van der Waals surface area contributed by atoms with E-state index in [0.29, 0.717) is 18.2 Å². The van der Waals surface area contributed by atoms with Crippen molar-refractivity contribution in [3.8, 4) is 5.75 Å². The number of aliphatic hydroxyl groups is 1. The highest BCUT2D eigenvalue weighted by Crippen LogP contribution is 2.25. The number of rotatable bonds is 7. The predicted molar refractivity (Wildman–Crippen MR) is 79.3 cm³/mol. The largest absolute Gasteiger partial charge is 0.508 e. The van der Waals surface area contributed by atoms with E-state index in [1.54, 1.807) is 6.07 Å². The molecule has 0 amide bonds. The average Bonchev–Trinajstić information content (AvgIpc) is 2.40. The van der Waals surface area contributed by atoms with Crippen molar-refractivity contribution in [1.82, 2.24) is 5.32 Å². The first-order valence-corrected chi connectivity index (χ1v) is 7.20. The van der Waals surface area contributed by atoms with Crippen molar-refractivity contribution in [2.75, 3.05) is 6.54 Å². The number of phenolic OH excluding ortho intramolecular Hbond substituents is 1. The zero-order valence-electron chi connectivity index (χ0n) is 12.5. The summed E-state index contributed by atoms with van der Waals surface area (Å²) in [6.45, 7) is 8.78. The SMILES string of the molecule is CCC(CC)C(O)CNC(C)c1cc(C)ccc1O. The fraction of sp³-hybridized carbons (Fsp3) is 0.625. The van der Waals surface area contributed by atoms with Gasteiger partial charge in [-0.25, -0.2) is 0 Å². The van der Waals surface area contributed by atoms with Crippen LogP contribution < -0.4 is 5.32 Å². The van der Waals surface area contributed by atoms with Gasteiger partial charge in [-0.3, -0.25) is 0 Å². The van der Waals surface area contributed by atoms with Gasteiger partial charge in [-0.2, -0.15) is 0 Å². The summed E-state index contributed by atoms with van der Waals surface area (Å²) in [6.07, 6.45) is 1.65. The molecule has 1 aromatic rings. The van der Waals surface area contributed by atoms with E-state index >= 15 is 0 Å². The molecule has 0 aliphatic carbocycles. The Morgan fingerprint density at radius 3 is 2.42 bits per heavy atom. The zero-order valence-corrected chi connectivity index (χ0v) is 12.5. The van der Waals surface area contributed by atoms with Gasteiger partial charge in [0, 0.05) is 18.2 Å². The molecular formula is C16H27NO2. The van der Waals surface area contributed by atoms with Gasteiger partial charge in [0.05, 0.1) is 6.10 Å². The standard InChI is InChI=1S/C16H27NO2/c1-5-13(6-2)16(19)10-17-12(4)14-9-11(3)7-8-15(14)18/h7-9,12-13,16-19H,5-6,10H2,1-4H3. The molecule has 1 rings (SSSR count). The van der Waals surface area contributed by atoms with Gasteiger partial charge < -0.3 is 15.5 Å². The van der Waals surface area contributed by atoms with E-state index in [0.717, 1.165) is 24.0 Å².